The van der Waals surface area contributed by atoms with Gasteiger partial charge in [-0.15, -0.1) is 0 Å². The van der Waals surface area contributed by atoms with E-state index in [9.17, 15) is 29.5 Å². The summed E-state index contributed by atoms with van der Waals surface area (Å²) in [5.41, 5.74) is -11.6. The highest BCUT2D eigenvalue weighted by molar-refractivity contribution is 5.86. The summed E-state index contributed by atoms with van der Waals surface area (Å²) in [6.07, 6.45) is -47.6. The van der Waals surface area contributed by atoms with Crippen LogP contribution >= 0.6 is 0 Å². The van der Waals surface area contributed by atoms with Crippen LogP contribution in [0.15, 0.2) is 60.5 Å². The minimum Gasteiger partial charge on any atom is -0.493 e. The second-order valence-electron chi connectivity index (χ2n) is 26.7. The number of carbonyl (C=O) groups is 5. The Bertz CT molecular complexity index is 8720. The molecule has 0 saturated carbocycles. The predicted octanol–water partition coefficient (Wildman–Crippen LogP) is 17.0. The maximum Gasteiger partial charge on any atom is 0.161 e. The van der Waals surface area contributed by atoms with Crippen molar-refractivity contribution in [1.29, 1.82) is 0 Å². The van der Waals surface area contributed by atoms with Crippen LogP contribution in [0.2, 0.25) is 0 Å². The number of ketones is 5. The lowest BCUT2D eigenvalue weighted by atomic mass is 9.79. The summed E-state index contributed by atoms with van der Waals surface area (Å²) >= 11 is 0. The third kappa shape index (κ3) is 21.0. The number of aryl methyl sites for hydroxylation is 1. The van der Waals surface area contributed by atoms with Gasteiger partial charge in [0.25, 0.3) is 0 Å². The van der Waals surface area contributed by atoms with Crippen LogP contribution in [0.4, 0.5) is 0 Å². The van der Waals surface area contributed by atoms with Gasteiger partial charge in [0.1, 0.15) is 28.9 Å². The van der Waals surface area contributed by atoms with Gasteiger partial charge >= 0.3 is 0 Å². The molecule has 10 aliphatic heterocycles. The van der Waals surface area contributed by atoms with Crippen molar-refractivity contribution in [3.05, 3.63) is 116 Å². The molecule has 0 spiro atoms. The number of carbonyl (C=O) groups excluding carboxylic acids is 5. The molecule has 20 heteroatoms. The van der Waals surface area contributed by atoms with Crippen LogP contribution in [0, 0.1) is 59.1 Å². The first-order chi connectivity index (χ1) is 92.2. The predicted molar refractivity (Wildman–Crippen MR) is 460 cm³/mol. The number of methoxy groups -OCH3 is 10. The van der Waals surface area contributed by atoms with E-state index in [2.05, 4.69) is 18.9 Å². The van der Waals surface area contributed by atoms with Gasteiger partial charge < -0.3 is 47.4 Å². The summed E-state index contributed by atoms with van der Waals surface area (Å²) in [6, 6.07) is -26.7. The molecule has 5 aromatic carbocycles. The lowest BCUT2D eigenvalue weighted by molar-refractivity contribution is -0.130. The number of fused-ring (bicyclic) bond motifs is 15. The molecule has 20 nitrogen and oxygen atoms in total. The van der Waals surface area contributed by atoms with E-state index in [0.29, 0.717) is 30.9 Å². The molecule has 10 heterocycles. The fourth-order valence-electron chi connectivity index (χ4n) is 12.1. The fraction of sp³-hybridized carbons (Fsp3) is 0.639. The molecular weight excluding hydrogens is 1480 g/mol. The van der Waals surface area contributed by atoms with Gasteiger partial charge in [0.15, 0.2) is 57.5 Å². The summed E-state index contributed by atoms with van der Waals surface area (Å²) in [4.78, 5) is 67.9. The van der Waals surface area contributed by atoms with E-state index < -0.39 is 513 Å². The number of ether oxygens (including phenoxy) is 10. The molecular formula is C97H139N5O15. The standard InChI is InChI=1S/2C20H29NO3.3C19H27NO3/c2*1-5-13(2)8-15-12-21-7-6-14-9-19(23-3)20(24-4)10-16(14)17(21)11-18(15)22;3*1-12(2)7-14-11-20-6-5-13-8-18(22-3)19(23-4)9-15(13)16(20)10-17(14)21/h2*9-10,13,15,17H,5-8,11-12H2,1-4H3;3*8-9,12,14,16H,5-7,10-11H2,1-4H3/i2D3,3D3,4D3,5D2,6D2,7D2,8D2,9D,10D,11D2,13D,15D,17D;2D3,3D3,4D3,5D2,6D2,7D2,8D2,9D,10D,12D2,13D,17D;3D3,4D3,5D2,6D2,8D,9D,10D2,11D2,14D,16D;3D3,4D3,5D2,6D2,8D,9D,11D2,16D;3D3,4D3,5D2,6D2,10D2,14D,16D. The monoisotopic (exact) mass is 1710 g/mol. The Labute approximate surface area is 831 Å². The van der Waals surface area contributed by atoms with E-state index in [4.69, 9.17) is 152 Å². The lowest BCUT2D eigenvalue weighted by Crippen LogP contribution is -2.46. The molecule has 12 atom stereocenters. The Kier molecular flexibility index (Phi) is 9.87. The minimum atomic E-state index is -4.30. The molecule has 5 aromatic rings. The number of benzene rings is 5. The normalized spacial score (nSPS) is 50.6. The summed E-state index contributed by atoms with van der Waals surface area (Å²) in [7, 11) is -34.1. The van der Waals surface area contributed by atoms with Gasteiger partial charge in [-0.1, -0.05) is 81.8 Å². The minimum absolute atomic E-state index is 0.0550. The number of hydrogen-bond donors (Lipinski definition) is 0. The highest BCUT2D eigenvalue weighted by atomic mass is 16.5. The summed E-state index contributed by atoms with van der Waals surface area (Å²) < 4.78 is 819. The quantitative estimate of drug-likeness (QED) is 0.0634. The van der Waals surface area contributed by atoms with E-state index in [1.54, 1.807) is 27.7 Å². The largest absolute Gasteiger partial charge is 0.493 e. The van der Waals surface area contributed by atoms with Crippen molar-refractivity contribution in [2.24, 2.45) is 59.1 Å². The zero-order chi connectivity index (χ0) is 166. The summed E-state index contributed by atoms with van der Waals surface area (Å²) in [5.74, 6) is -43.6. The molecule has 0 amide bonds. The molecule has 0 aromatic heterocycles. The van der Waals surface area contributed by atoms with E-state index in [1.165, 1.54) is 13.8 Å². The third-order valence-corrected chi connectivity index (χ3v) is 17.4. The van der Waals surface area contributed by atoms with Crippen LogP contribution in [-0.4, -0.2) is 189 Å². The van der Waals surface area contributed by atoms with Crippen LogP contribution in [0.1, 0.15) is 360 Å². The van der Waals surface area contributed by atoms with Crippen molar-refractivity contribution in [2.75, 3.05) is 135 Å². The topological polar surface area (TPSA) is 194 Å². The maximum atomic E-state index is 14.0. The van der Waals surface area contributed by atoms with Gasteiger partial charge in [-0.05, 0) is 210 Å². The van der Waals surface area contributed by atoms with E-state index in [-0.39, 0.29) is 44.3 Å². The number of Topliss-reactive ketones (excluding diaryl/α,β-unsaturated/α-hetero) is 5. The molecule has 15 rings (SSSR count). The van der Waals surface area contributed by atoms with Crippen LogP contribution in [0.5, 0.6) is 57.5 Å². The molecule has 10 aliphatic rings. The number of hydrogen-bond acceptors (Lipinski definition) is 20. The number of piperidine rings is 5. The van der Waals surface area contributed by atoms with Crippen molar-refractivity contribution >= 4 is 28.9 Å². The molecule has 5 fully saturated rings. The summed E-state index contributed by atoms with van der Waals surface area (Å²) in [5, 5.41) is 0. The molecule has 0 bridgehead atoms. The molecule has 642 valence electrons. The zero-order valence-corrected chi connectivity index (χ0v) is 62.9. The second kappa shape index (κ2) is 41.0. The second-order valence-corrected chi connectivity index (χ2v) is 26.7. The highest BCUT2D eigenvalue weighted by Crippen LogP contribution is 2.49. The first-order valence-electron chi connectivity index (χ1n) is 81.7. The van der Waals surface area contributed by atoms with E-state index in [0.717, 1.165) is 0 Å². The van der Waals surface area contributed by atoms with Gasteiger partial charge in [0, 0.05) is 227 Å². The van der Waals surface area contributed by atoms with E-state index >= 15 is 0 Å². The smallest absolute Gasteiger partial charge is 0.161 e. The van der Waals surface area contributed by atoms with Crippen molar-refractivity contribution in [1.82, 2.24) is 24.5 Å². The number of nitrogens with zero attached hydrogens (tertiary/aromatic N) is 5. The maximum absolute atomic E-state index is 14.0. The summed E-state index contributed by atoms with van der Waals surface area (Å²) in [6.45, 7) is -29.0. The Balaban J connectivity index is 0.000000242. The lowest BCUT2D eigenvalue weighted by Gasteiger charge is -2.43. The van der Waals surface area contributed by atoms with Gasteiger partial charge in [-0.25, -0.2) is 0 Å². The molecule has 5 saturated heterocycles. The van der Waals surface area contributed by atoms with Crippen LogP contribution in [-0.2, 0) is 55.8 Å². The van der Waals surface area contributed by atoms with Gasteiger partial charge in [-0.3, -0.25) is 48.5 Å². The Morgan fingerprint density at radius 2 is 0.701 bits per heavy atom. The molecule has 0 N–H and O–H groups in total. The first-order valence-corrected chi connectivity index (χ1v) is 34.7. The molecule has 117 heavy (non-hydrogen) atoms. The Morgan fingerprint density at radius 3 is 1.13 bits per heavy atom. The average molecular weight is 1710 g/mol. The molecule has 0 aliphatic carbocycles. The van der Waals surface area contributed by atoms with Crippen molar-refractivity contribution in [3.8, 4) is 57.5 Å². The Hall–Kier alpha value is -7.75. The van der Waals surface area contributed by atoms with E-state index in [1.807, 2.05) is 0 Å². The highest BCUT2D eigenvalue weighted by Gasteiger charge is 2.45. The van der Waals surface area contributed by atoms with Gasteiger partial charge in [0.05, 0.1) is 129 Å². The first kappa shape index (κ1) is 28.2. The van der Waals surface area contributed by atoms with Crippen molar-refractivity contribution < 1.29 is 200 Å². The van der Waals surface area contributed by atoms with Gasteiger partial charge in [0.2, 0.25) is 0 Å². The molecule has 12 unspecified atom stereocenters. The SMILES string of the molecule is [2H]C([2H])([2H])Oc1cc2c(cc1OC([2H])([2H])[2H])C1([2H])N(CC([2H])(CC(C)C)C(=O)C1([2H])[2H])C([2H])([2H])C2([2H])[2H].[2H]c1c(OC([2H])([2H])[2H])c(OC([2H])([2H])[2H])c([2H])c2c1C([2H])([2H])C([2H])([2H])N1C([2H])([2H])C([2H])(CC(C)C)C(=O)C([2H])([2H])C21[2H].[2H]c1c(OC([2H])([2H])[2H])c(OC([2H])([2H])[2H])c([2H])c2c1C([2H])([2H])C([2H])([2H])N1CC([2H])(C([2H])([2H])C([2H])(C([2H])([2H])[2H])C([2H])([2H])C)C(=O)C([2H])([2H])C21[2H].[2H]c1c(OC([2H])([2H])[2H])c(OC([2H])([2H])[2H])c([2H])c2c1C1([2H])CC(=O)C(C([2H])([2H])C([2H])(C([2H])([2H])[2H])C([2H])([2H])C)C([2H])([2H])N1C([2H])([2H])C2([2H])[2H].[2H]c1c(OC([2H])([2H])[2H])c(OC([2H])([2H])[2H])c([2H])c2c1C1([2H])CC(=O)C(CC(C)C)C([2H])([2H])N1C([2H])([2H])C2([2H])[2H]. The van der Waals surface area contributed by atoms with Crippen LogP contribution in [0.25, 0.3) is 0 Å². The molecule has 0 radical (unpaired) electrons. The number of rotatable bonds is 22. The fourth-order valence-corrected chi connectivity index (χ4v) is 12.1. The van der Waals surface area contributed by atoms with Crippen molar-refractivity contribution in [3.63, 3.8) is 0 Å². The third-order valence-electron chi connectivity index (χ3n) is 17.4. The average Bonchev–Trinajstić information content (AvgIpc) is 0.636. The van der Waals surface area contributed by atoms with Crippen LogP contribution < -0.4 is 47.4 Å². The Morgan fingerprint density at radius 1 is 0.376 bits per heavy atom. The van der Waals surface area contributed by atoms with Crippen LogP contribution in [0.3, 0.4) is 0 Å². The van der Waals surface area contributed by atoms with Gasteiger partial charge in [-0.2, -0.15) is 0 Å². The zero-order valence-electron chi connectivity index (χ0n) is 157. The van der Waals surface area contributed by atoms with Crippen molar-refractivity contribution in [2.45, 2.75) is 208 Å².